The molecule has 2 aromatic rings. The largest absolute Gasteiger partial charge is 0.386 e. The molecule has 0 saturated heterocycles. The Hall–Kier alpha value is -2.74. The molecule has 0 spiro atoms. The van der Waals surface area contributed by atoms with E-state index < -0.39 is 12.2 Å². The predicted molar refractivity (Wildman–Crippen MR) is 83.9 cm³/mol. The fraction of sp³-hybridized carbons (Fsp3) is 0.154. The molecule has 0 aliphatic rings. The van der Waals surface area contributed by atoms with Gasteiger partial charge in [0.2, 0.25) is 6.41 Å². The van der Waals surface area contributed by atoms with Crippen LogP contribution in [-0.4, -0.2) is 33.7 Å². The zero-order valence-corrected chi connectivity index (χ0v) is 12.3. The molecule has 2 amide bonds. The van der Waals surface area contributed by atoms with Crippen LogP contribution in [-0.2, 0) is 4.79 Å². The summed E-state index contributed by atoms with van der Waals surface area (Å²) in [6.07, 6.45) is 4.79. The molecular weight excluding hydrogens is 308 g/mol. The number of H-pyrrole nitrogens is 1. The van der Waals surface area contributed by atoms with E-state index in [0.717, 1.165) is 0 Å². The van der Waals surface area contributed by atoms with Gasteiger partial charge in [-0.15, -0.1) is 12.4 Å². The maximum atomic E-state index is 12.2. The zero-order chi connectivity index (χ0) is 15.2. The van der Waals surface area contributed by atoms with Gasteiger partial charge in [0.25, 0.3) is 5.91 Å². The number of carbonyl (C=O) groups is 2. The van der Waals surface area contributed by atoms with E-state index in [2.05, 4.69) is 15.6 Å². The molecule has 2 rings (SSSR count). The molecule has 2 atom stereocenters. The van der Waals surface area contributed by atoms with E-state index in [9.17, 15) is 9.59 Å². The number of hydrogen-bond donors (Lipinski definition) is 5. The topological polar surface area (TPSA) is 129 Å². The van der Waals surface area contributed by atoms with Crippen LogP contribution in [0.15, 0.2) is 42.9 Å². The Balaban J connectivity index is 0.00000242. The number of aromatic nitrogens is 2. The van der Waals surface area contributed by atoms with Gasteiger partial charge in [-0.1, -0.05) is 0 Å². The van der Waals surface area contributed by atoms with Crippen molar-refractivity contribution < 1.29 is 9.59 Å². The monoisotopic (exact) mass is 324 g/mol. The van der Waals surface area contributed by atoms with Gasteiger partial charge in [-0.2, -0.15) is 0 Å². The molecule has 118 valence electrons. The number of nitrogens with two attached hydrogens (primary N) is 1. The number of amides is 2. The summed E-state index contributed by atoms with van der Waals surface area (Å²) in [6, 6.07) is 6.01. The molecule has 2 heterocycles. The first-order valence-electron chi connectivity index (χ1n) is 6.24. The third-order valence-electron chi connectivity index (χ3n) is 2.97. The van der Waals surface area contributed by atoms with E-state index >= 15 is 0 Å². The normalized spacial score (nSPS) is 12.5. The Kier molecular flexibility index (Phi) is 6.21. The Morgan fingerprint density at radius 2 is 2.05 bits per heavy atom. The number of carbonyl (C=O) groups excluding carboxylic acids is 2. The second kappa shape index (κ2) is 7.89. The first-order valence-corrected chi connectivity index (χ1v) is 6.24. The van der Waals surface area contributed by atoms with Gasteiger partial charge in [0, 0.05) is 18.6 Å². The fourth-order valence-electron chi connectivity index (χ4n) is 1.97. The highest BCUT2D eigenvalue weighted by Crippen LogP contribution is 2.10. The van der Waals surface area contributed by atoms with Crippen LogP contribution in [0.25, 0.3) is 0 Å². The van der Waals surface area contributed by atoms with E-state index in [1.165, 1.54) is 0 Å². The maximum absolute atomic E-state index is 12.2. The summed E-state index contributed by atoms with van der Waals surface area (Å²) in [5.41, 5.74) is 5.89. The van der Waals surface area contributed by atoms with Crippen LogP contribution in [0.3, 0.4) is 0 Å². The fourth-order valence-corrected chi connectivity index (χ4v) is 1.97. The molecule has 2 unspecified atom stereocenters. The van der Waals surface area contributed by atoms with Crippen LogP contribution in [0, 0.1) is 5.41 Å². The Morgan fingerprint density at radius 3 is 2.55 bits per heavy atom. The van der Waals surface area contributed by atoms with Gasteiger partial charge in [0.15, 0.2) is 0 Å². The Bertz CT molecular complexity index is 611. The second-order valence-corrected chi connectivity index (χ2v) is 4.35. The molecule has 9 heteroatoms. The highest BCUT2D eigenvalue weighted by molar-refractivity contribution is 5.93. The predicted octanol–water partition coefficient (Wildman–Crippen LogP) is 0.217. The molecule has 0 bridgehead atoms. The first-order chi connectivity index (χ1) is 10.1. The van der Waals surface area contributed by atoms with Crippen molar-refractivity contribution in [1.29, 1.82) is 5.41 Å². The van der Waals surface area contributed by atoms with Gasteiger partial charge < -0.3 is 25.9 Å². The van der Waals surface area contributed by atoms with Crippen molar-refractivity contribution in [2.24, 2.45) is 5.73 Å². The molecule has 22 heavy (non-hydrogen) atoms. The van der Waals surface area contributed by atoms with Crippen molar-refractivity contribution in [3.05, 3.63) is 48.5 Å². The number of nitrogens with zero attached hydrogens (tertiary/aromatic N) is 1. The summed E-state index contributed by atoms with van der Waals surface area (Å²) in [6.45, 7) is 0. The standard InChI is InChI=1S/C13H16N6O2.ClH/c14-11(15)10(17-8-20)12(19-6-1-2-7-19)18-13(21)9-4-3-5-16-9;/h1-8,10,12,16H,(H3,14,15)(H,17,20)(H,18,21);1H. The number of rotatable bonds is 7. The third kappa shape index (κ3) is 3.89. The lowest BCUT2D eigenvalue weighted by Gasteiger charge is -2.28. The summed E-state index contributed by atoms with van der Waals surface area (Å²) in [7, 11) is 0. The molecule has 6 N–H and O–H groups in total. The van der Waals surface area contributed by atoms with E-state index in [0.29, 0.717) is 12.1 Å². The minimum atomic E-state index is -0.853. The Labute approximate surface area is 133 Å². The molecule has 0 fully saturated rings. The van der Waals surface area contributed by atoms with Crippen molar-refractivity contribution in [1.82, 2.24) is 20.2 Å². The van der Waals surface area contributed by atoms with E-state index in [4.69, 9.17) is 11.1 Å². The highest BCUT2D eigenvalue weighted by Gasteiger charge is 2.27. The number of halogens is 1. The average molecular weight is 325 g/mol. The second-order valence-electron chi connectivity index (χ2n) is 4.35. The lowest BCUT2D eigenvalue weighted by Crippen LogP contribution is -2.52. The van der Waals surface area contributed by atoms with Crippen LogP contribution in [0.5, 0.6) is 0 Å². The van der Waals surface area contributed by atoms with Crippen LogP contribution < -0.4 is 16.4 Å². The van der Waals surface area contributed by atoms with Crippen molar-refractivity contribution in [3.8, 4) is 0 Å². The molecular formula is C13H17ClN6O2. The zero-order valence-electron chi connectivity index (χ0n) is 11.5. The van der Waals surface area contributed by atoms with Gasteiger partial charge in [0.05, 0.1) is 0 Å². The summed E-state index contributed by atoms with van der Waals surface area (Å²) in [4.78, 5) is 25.7. The SMILES string of the molecule is Cl.N=C(N)C(NC=O)C(NC(=O)c1ccc[nH]1)n1cccc1. The van der Waals surface area contributed by atoms with E-state index in [1.54, 1.807) is 47.4 Å². The van der Waals surface area contributed by atoms with Crippen molar-refractivity contribution in [2.75, 3.05) is 0 Å². The number of hydrogen-bond acceptors (Lipinski definition) is 3. The van der Waals surface area contributed by atoms with Crippen LogP contribution >= 0.6 is 12.4 Å². The van der Waals surface area contributed by atoms with Crippen LogP contribution in [0.2, 0.25) is 0 Å². The van der Waals surface area contributed by atoms with E-state index in [-0.39, 0.29) is 24.1 Å². The van der Waals surface area contributed by atoms with E-state index in [1.807, 2.05) is 0 Å². The number of nitrogens with one attached hydrogen (secondary N) is 4. The first kappa shape index (κ1) is 17.3. The molecule has 0 saturated carbocycles. The summed E-state index contributed by atoms with van der Waals surface area (Å²) in [5, 5.41) is 12.8. The van der Waals surface area contributed by atoms with Crippen molar-refractivity contribution in [2.45, 2.75) is 12.2 Å². The summed E-state index contributed by atoms with van der Waals surface area (Å²) in [5.74, 6) is -0.620. The minimum Gasteiger partial charge on any atom is -0.386 e. The number of amidine groups is 1. The minimum absolute atomic E-state index is 0. The number of aromatic amines is 1. The molecule has 0 aliphatic carbocycles. The lowest BCUT2D eigenvalue weighted by molar-refractivity contribution is -0.110. The maximum Gasteiger partial charge on any atom is 0.269 e. The van der Waals surface area contributed by atoms with Crippen molar-refractivity contribution >= 4 is 30.6 Å². The van der Waals surface area contributed by atoms with Gasteiger partial charge >= 0.3 is 0 Å². The summed E-state index contributed by atoms with van der Waals surface area (Å²) >= 11 is 0. The third-order valence-corrected chi connectivity index (χ3v) is 2.97. The lowest BCUT2D eigenvalue weighted by atomic mass is 10.2. The van der Waals surface area contributed by atoms with Crippen LogP contribution in [0.1, 0.15) is 16.7 Å². The van der Waals surface area contributed by atoms with Crippen molar-refractivity contribution in [3.63, 3.8) is 0 Å². The molecule has 0 aromatic carbocycles. The van der Waals surface area contributed by atoms with Gasteiger partial charge in [0.1, 0.15) is 23.7 Å². The Morgan fingerprint density at radius 1 is 1.36 bits per heavy atom. The highest BCUT2D eigenvalue weighted by atomic mass is 35.5. The van der Waals surface area contributed by atoms with Gasteiger partial charge in [-0.3, -0.25) is 15.0 Å². The molecule has 0 aliphatic heterocycles. The quantitative estimate of drug-likeness (QED) is 0.284. The summed E-state index contributed by atoms with van der Waals surface area (Å²) < 4.78 is 1.66. The smallest absolute Gasteiger partial charge is 0.269 e. The molecule has 2 aromatic heterocycles. The van der Waals surface area contributed by atoms with Crippen LogP contribution in [0.4, 0.5) is 0 Å². The van der Waals surface area contributed by atoms with Gasteiger partial charge in [-0.25, -0.2) is 0 Å². The van der Waals surface area contributed by atoms with Gasteiger partial charge in [-0.05, 0) is 24.3 Å². The average Bonchev–Trinajstić information content (AvgIpc) is 3.14. The molecule has 8 nitrogen and oxygen atoms in total. The molecule has 0 radical (unpaired) electrons.